The molecule has 0 bridgehead atoms. The molecule has 1 aliphatic rings. The third-order valence-electron chi connectivity index (χ3n) is 4.45. The molecule has 0 aliphatic heterocycles. The van der Waals surface area contributed by atoms with Gasteiger partial charge in [-0.3, -0.25) is 0 Å². The molecule has 2 atom stereocenters. The van der Waals surface area contributed by atoms with Crippen molar-refractivity contribution in [3.63, 3.8) is 0 Å². The Hall–Kier alpha value is -1.83. The van der Waals surface area contributed by atoms with Crippen LogP contribution in [0.3, 0.4) is 0 Å². The second kappa shape index (κ2) is 6.48. The molecule has 0 spiro atoms. The smallest absolute Gasteiger partial charge is 0.240 e. The number of nitrogens with one attached hydrogen (secondary N) is 1. The molecule has 0 amide bonds. The highest BCUT2D eigenvalue weighted by molar-refractivity contribution is 7.89. The van der Waals surface area contributed by atoms with Gasteiger partial charge in [-0.25, -0.2) is 21.9 Å². The lowest BCUT2D eigenvalue weighted by Gasteiger charge is -2.17. The van der Waals surface area contributed by atoms with Crippen LogP contribution in [0.4, 0.5) is 8.78 Å². The molecule has 0 saturated heterocycles. The Morgan fingerprint density at radius 1 is 1.16 bits per heavy atom. The van der Waals surface area contributed by atoms with Crippen LogP contribution in [0.15, 0.2) is 47.4 Å². The van der Waals surface area contributed by atoms with E-state index < -0.39 is 27.3 Å². The van der Waals surface area contributed by atoms with Gasteiger partial charge in [-0.15, -0.1) is 0 Å². The van der Waals surface area contributed by atoms with E-state index in [2.05, 4.69) is 4.72 Å². The maximum atomic E-state index is 13.8. The summed E-state index contributed by atoms with van der Waals surface area (Å²) >= 11 is 0. The SMILES string of the molecule is C[C@]1(O)CCC(NS(=O)(=O)c2ccc(-c3ccc(F)cc3F)cc2)C1. The lowest BCUT2D eigenvalue weighted by molar-refractivity contribution is 0.0663. The van der Waals surface area contributed by atoms with Crippen LogP contribution in [0.1, 0.15) is 26.2 Å². The summed E-state index contributed by atoms with van der Waals surface area (Å²) in [5.74, 6) is -1.38. The van der Waals surface area contributed by atoms with E-state index >= 15 is 0 Å². The van der Waals surface area contributed by atoms with Crippen LogP contribution in [0.2, 0.25) is 0 Å². The topological polar surface area (TPSA) is 66.4 Å². The molecule has 25 heavy (non-hydrogen) atoms. The zero-order chi connectivity index (χ0) is 18.2. The second-order valence-corrected chi connectivity index (χ2v) is 8.42. The summed E-state index contributed by atoms with van der Waals surface area (Å²) in [7, 11) is -3.72. The summed E-state index contributed by atoms with van der Waals surface area (Å²) in [5.41, 5.74) is -0.192. The van der Waals surface area contributed by atoms with Gasteiger partial charge in [0.2, 0.25) is 10.0 Å². The van der Waals surface area contributed by atoms with Gasteiger partial charge in [0.15, 0.2) is 0 Å². The molecular formula is C18H19F2NO3S. The third kappa shape index (κ3) is 4.05. The summed E-state index contributed by atoms with van der Waals surface area (Å²) in [6, 6.07) is 8.66. The van der Waals surface area contributed by atoms with E-state index in [9.17, 15) is 22.3 Å². The van der Waals surface area contributed by atoms with Gasteiger partial charge >= 0.3 is 0 Å². The van der Waals surface area contributed by atoms with E-state index in [4.69, 9.17) is 0 Å². The van der Waals surface area contributed by atoms with E-state index in [1.807, 2.05) is 0 Å². The lowest BCUT2D eigenvalue weighted by Crippen LogP contribution is -2.34. The minimum absolute atomic E-state index is 0.0605. The standard InChI is InChI=1S/C18H19F2NO3S/c1-18(22)9-8-14(11-18)21-25(23,24)15-5-2-12(3-6-15)16-7-4-13(19)10-17(16)20/h2-7,10,14,21-22H,8-9,11H2,1H3/t14?,18-/m0/s1. The molecule has 2 aromatic rings. The Balaban J connectivity index is 1.79. The monoisotopic (exact) mass is 367 g/mol. The van der Waals surface area contributed by atoms with Gasteiger partial charge in [-0.1, -0.05) is 12.1 Å². The number of halogens is 2. The summed E-state index contributed by atoms with van der Waals surface area (Å²) < 4.78 is 54.3. The maximum absolute atomic E-state index is 13.8. The van der Waals surface area contributed by atoms with Crippen LogP contribution in [0.5, 0.6) is 0 Å². The van der Waals surface area contributed by atoms with Crippen molar-refractivity contribution in [2.45, 2.75) is 42.7 Å². The van der Waals surface area contributed by atoms with E-state index in [0.29, 0.717) is 24.8 Å². The predicted molar refractivity (Wildman–Crippen MR) is 90.4 cm³/mol. The van der Waals surface area contributed by atoms with Crippen LogP contribution < -0.4 is 4.72 Å². The molecule has 1 saturated carbocycles. The van der Waals surface area contributed by atoms with Crippen LogP contribution in [0, 0.1) is 11.6 Å². The number of hydrogen-bond donors (Lipinski definition) is 2. The number of benzene rings is 2. The quantitative estimate of drug-likeness (QED) is 0.872. The molecule has 2 aromatic carbocycles. The van der Waals surface area contributed by atoms with E-state index in [0.717, 1.165) is 12.1 Å². The van der Waals surface area contributed by atoms with Gasteiger partial charge in [-0.2, -0.15) is 0 Å². The Labute approximate surface area is 145 Å². The van der Waals surface area contributed by atoms with Crippen molar-refractivity contribution in [2.75, 3.05) is 0 Å². The Kier molecular flexibility index (Phi) is 4.66. The van der Waals surface area contributed by atoms with Crippen molar-refractivity contribution in [1.82, 2.24) is 4.72 Å². The van der Waals surface area contributed by atoms with Crippen LogP contribution in [0.25, 0.3) is 11.1 Å². The first kappa shape index (κ1) is 18.0. The van der Waals surface area contributed by atoms with Crippen molar-refractivity contribution >= 4 is 10.0 Å². The highest BCUT2D eigenvalue weighted by Gasteiger charge is 2.35. The molecule has 1 unspecified atom stereocenters. The zero-order valence-corrected chi connectivity index (χ0v) is 14.5. The van der Waals surface area contributed by atoms with E-state index in [-0.39, 0.29) is 16.5 Å². The maximum Gasteiger partial charge on any atom is 0.240 e. The van der Waals surface area contributed by atoms with Gasteiger partial charge in [0.1, 0.15) is 11.6 Å². The normalized spacial score (nSPS) is 23.8. The molecule has 4 nitrogen and oxygen atoms in total. The average Bonchev–Trinajstić information content (AvgIpc) is 2.85. The number of sulfonamides is 1. The highest BCUT2D eigenvalue weighted by Crippen LogP contribution is 2.30. The van der Waals surface area contributed by atoms with Crippen molar-refractivity contribution < 1.29 is 22.3 Å². The fraction of sp³-hybridized carbons (Fsp3) is 0.333. The van der Waals surface area contributed by atoms with Crippen LogP contribution in [-0.4, -0.2) is 25.2 Å². The van der Waals surface area contributed by atoms with Crippen molar-refractivity contribution in [3.05, 3.63) is 54.1 Å². The van der Waals surface area contributed by atoms with Gasteiger partial charge in [-0.05, 0) is 56.0 Å². The molecule has 134 valence electrons. The first-order chi connectivity index (χ1) is 11.7. The molecule has 0 heterocycles. The van der Waals surface area contributed by atoms with Gasteiger partial charge in [0, 0.05) is 17.7 Å². The second-order valence-electron chi connectivity index (χ2n) is 6.71. The zero-order valence-electron chi connectivity index (χ0n) is 13.7. The first-order valence-corrected chi connectivity index (χ1v) is 9.45. The van der Waals surface area contributed by atoms with Crippen LogP contribution >= 0.6 is 0 Å². The molecular weight excluding hydrogens is 348 g/mol. The number of rotatable bonds is 4. The summed E-state index contributed by atoms with van der Waals surface area (Å²) in [6.07, 6.45) is 1.49. The summed E-state index contributed by atoms with van der Waals surface area (Å²) in [6.45, 7) is 1.69. The Bertz CT molecular complexity index is 880. The molecule has 3 rings (SSSR count). The molecule has 7 heteroatoms. The fourth-order valence-corrected chi connectivity index (χ4v) is 4.42. The molecule has 2 N–H and O–H groups in total. The Morgan fingerprint density at radius 3 is 2.40 bits per heavy atom. The van der Waals surface area contributed by atoms with Gasteiger partial charge < -0.3 is 5.11 Å². The van der Waals surface area contributed by atoms with E-state index in [1.165, 1.54) is 30.3 Å². The minimum Gasteiger partial charge on any atom is -0.390 e. The summed E-state index contributed by atoms with van der Waals surface area (Å²) in [4.78, 5) is 0.0605. The fourth-order valence-electron chi connectivity index (χ4n) is 3.15. The van der Waals surface area contributed by atoms with Gasteiger partial charge in [0.05, 0.1) is 10.5 Å². The van der Waals surface area contributed by atoms with E-state index in [1.54, 1.807) is 6.92 Å². The molecule has 0 aromatic heterocycles. The highest BCUT2D eigenvalue weighted by atomic mass is 32.2. The number of aliphatic hydroxyl groups is 1. The first-order valence-electron chi connectivity index (χ1n) is 7.96. The third-order valence-corrected chi connectivity index (χ3v) is 5.98. The van der Waals surface area contributed by atoms with Crippen LogP contribution in [-0.2, 0) is 10.0 Å². The molecule has 1 aliphatic carbocycles. The summed E-state index contributed by atoms with van der Waals surface area (Å²) in [5, 5.41) is 9.94. The average molecular weight is 367 g/mol. The lowest BCUT2D eigenvalue weighted by atomic mass is 10.1. The largest absolute Gasteiger partial charge is 0.390 e. The number of hydrogen-bond acceptors (Lipinski definition) is 3. The van der Waals surface area contributed by atoms with Crippen molar-refractivity contribution in [2.24, 2.45) is 0 Å². The molecule has 1 fully saturated rings. The van der Waals surface area contributed by atoms with Gasteiger partial charge in [0.25, 0.3) is 0 Å². The van der Waals surface area contributed by atoms with Crippen molar-refractivity contribution in [1.29, 1.82) is 0 Å². The predicted octanol–water partition coefficient (Wildman–Crippen LogP) is 3.21. The minimum atomic E-state index is -3.72. The van der Waals surface area contributed by atoms with Crippen molar-refractivity contribution in [3.8, 4) is 11.1 Å². The Morgan fingerprint density at radius 2 is 1.84 bits per heavy atom. The molecule has 0 radical (unpaired) electrons.